The van der Waals surface area contributed by atoms with Gasteiger partial charge in [-0.15, -0.1) is 0 Å². The van der Waals surface area contributed by atoms with E-state index in [0.717, 1.165) is 16.5 Å². The Hall–Kier alpha value is -2.88. The molecule has 104 valence electrons. The summed E-state index contributed by atoms with van der Waals surface area (Å²) in [7, 11) is 0. The van der Waals surface area contributed by atoms with Gasteiger partial charge >= 0.3 is 5.97 Å². The molecule has 0 spiro atoms. The van der Waals surface area contributed by atoms with Crippen LogP contribution in [-0.4, -0.2) is 16.1 Å². The number of nitrogen functional groups attached to an aromatic ring is 1. The highest BCUT2D eigenvalue weighted by Crippen LogP contribution is 2.31. The van der Waals surface area contributed by atoms with Gasteiger partial charge in [0.15, 0.2) is 0 Å². The van der Waals surface area contributed by atoms with E-state index in [0.29, 0.717) is 16.9 Å². The lowest BCUT2D eigenvalue weighted by Gasteiger charge is -2.11. The molecule has 0 atom stereocenters. The van der Waals surface area contributed by atoms with Gasteiger partial charge in [-0.25, -0.2) is 9.78 Å². The third-order valence-electron chi connectivity index (χ3n) is 3.52. The van der Waals surface area contributed by atoms with Gasteiger partial charge in [0, 0.05) is 10.9 Å². The first-order valence-electron chi connectivity index (χ1n) is 6.56. The van der Waals surface area contributed by atoms with Gasteiger partial charge < -0.3 is 10.8 Å². The molecule has 4 nitrogen and oxygen atoms in total. The minimum Gasteiger partial charge on any atom is -0.478 e. The Morgan fingerprint density at radius 3 is 2.67 bits per heavy atom. The van der Waals surface area contributed by atoms with Crippen LogP contribution in [0.3, 0.4) is 0 Å². The van der Waals surface area contributed by atoms with Crippen LogP contribution < -0.4 is 5.73 Å². The van der Waals surface area contributed by atoms with Crippen molar-refractivity contribution in [2.75, 3.05) is 5.73 Å². The van der Waals surface area contributed by atoms with Crippen molar-refractivity contribution in [3.8, 4) is 11.3 Å². The zero-order chi connectivity index (χ0) is 15.0. The SMILES string of the molecule is Cc1cccc2nc(-c3ccccc3C(=O)O)c(N)cc12. The number of carboxylic acids is 1. The van der Waals surface area contributed by atoms with Crippen LogP contribution in [0.2, 0.25) is 0 Å². The molecule has 4 heteroatoms. The lowest BCUT2D eigenvalue weighted by Crippen LogP contribution is -2.02. The molecule has 0 fully saturated rings. The maximum atomic E-state index is 11.4. The molecular weight excluding hydrogens is 264 g/mol. The number of anilines is 1. The van der Waals surface area contributed by atoms with E-state index in [-0.39, 0.29) is 5.56 Å². The molecule has 0 saturated heterocycles. The molecule has 0 radical (unpaired) electrons. The van der Waals surface area contributed by atoms with Crippen molar-refractivity contribution in [1.29, 1.82) is 0 Å². The third-order valence-corrected chi connectivity index (χ3v) is 3.52. The summed E-state index contributed by atoms with van der Waals surface area (Å²) >= 11 is 0. The average Bonchev–Trinajstić information content (AvgIpc) is 2.48. The van der Waals surface area contributed by atoms with Crippen LogP contribution >= 0.6 is 0 Å². The second-order valence-corrected chi connectivity index (χ2v) is 4.92. The second-order valence-electron chi connectivity index (χ2n) is 4.92. The number of carboxylic acid groups (broad SMARTS) is 1. The summed E-state index contributed by atoms with van der Waals surface area (Å²) in [6, 6.07) is 14.4. The highest BCUT2D eigenvalue weighted by atomic mass is 16.4. The molecule has 0 bridgehead atoms. The monoisotopic (exact) mass is 278 g/mol. The molecule has 21 heavy (non-hydrogen) atoms. The number of nitrogens with two attached hydrogens (primary N) is 1. The summed E-state index contributed by atoms with van der Waals surface area (Å²) in [6.07, 6.45) is 0. The summed E-state index contributed by atoms with van der Waals surface area (Å²) in [5.41, 5.74) is 9.71. The summed E-state index contributed by atoms with van der Waals surface area (Å²) in [5, 5.41) is 10.3. The smallest absolute Gasteiger partial charge is 0.336 e. The number of aryl methyl sites for hydroxylation is 1. The van der Waals surface area contributed by atoms with Crippen LogP contribution in [0.15, 0.2) is 48.5 Å². The van der Waals surface area contributed by atoms with Crippen molar-refractivity contribution in [2.45, 2.75) is 6.92 Å². The van der Waals surface area contributed by atoms with Gasteiger partial charge in [0.05, 0.1) is 22.5 Å². The van der Waals surface area contributed by atoms with Crippen molar-refractivity contribution in [3.05, 3.63) is 59.7 Å². The van der Waals surface area contributed by atoms with Crippen LogP contribution in [0, 0.1) is 6.92 Å². The molecule has 0 aliphatic rings. The van der Waals surface area contributed by atoms with E-state index >= 15 is 0 Å². The molecule has 3 N–H and O–H groups in total. The zero-order valence-electron chi connectivity index (χ0n) is 11.5. The number of rotatable bonds is 2. The van der Waals surface area contributed by atoms with Gasteiger partial charge in [-0.05, 0) is 30.7 Å². The number of hydrogen-bond acceptors (Lipinski definition) is 3. The molecule has 0 unspecified atom stereocenters. The first-order chi connectivity index (χ1) is 10.1. The van der Waals surface area contributed by atoms with E-state index < -0.39 is 5.97 Å². The molecule has 1 aromatic heterocycles. The number of fused-ring (bicyclic) bond motifs is 1. The van der Waals surface area contributed by atoms with E-state index in [1.54, 1.807) is 24.3 Å². The predicted molar refractivity (Wildman–Crippen MR) is 83.3 cm³/mol. The predicted octanol–water partition coefficient (Wildman–Crippen LogP) is 3.49. The fourth-order valence-corrected chi connectivity index (χ4v) is 2.45. The van der Waals surface area contributed by atoms with Crippen molar-refractivity contribution < 1.29 is 9.90 Å². The van der Waals surface area contributed by atoms with Crippen molar-refractivity contribution in [3.63, 3.8) is 0 Å². The number of nitrogens with zero attached hydrogens (tertiary/aromatic N) is 1. The first-order valence-corrected chi connectivity index (χ1v) is 6.56. The third kappa shape index (κ3) is 2.21. The number of pyridine rings is 1. The number of hydrogen-bond donors (Lipinski definition) is 2. The minimum atomic E-state index is -0.990. The molecule has 0 aliphatic carbocycles. The lowest BCUT2D eigenvalue weighted by atomic mass is 10.0. The number of carbonyl (C=O) groups is 1. The van der Waals surface area contributed by atoms with Gasteiger partial charge in [0.1, 0.15) is 0 Å². The highest BCUT2D eigenvalue weighted by Gasteiger charge is 2.15. The molecule has 2 aromatic carbocycles. The quantitative estimate of drug-likeness (QED) is 0.752. The van der Waals surface area contributed by atoms with E-state index in [1.165, 1.54) is 0 Å². The average molecular weight is 278 g/mol. The van der Waals surface area contributed by atoms with Crippen LogP contribution in [-0.2, 0) is 0 Å². The first kappa shape index (κ1) is 13.1. The van der Waals surface area contributed by atoms with Crippen LogP contribution in [0.5, 0.6) is 0 Å². The summed E-state index contributed by atoms with van der Waals surface area (Å²) in [5.74, 6) is -0.990. The number of aromatic carboxylic acids is 1. The van der Waals surface area contributed by atoms with Crippen LogP contribution in [0.25, 0.3) is 22.2 Å². The van der Waals surface area contributed by atoms with Crippen molar-refractivity contribution in [2.24, 2.45) is 0 Å². The van der Waals surface area contributed by atoms with Gasteiger partial charge in [-0.1, -0.05) is 30.3 Å². The Balaban J connectivity index is 2.31. The second kappa shape index (κ2) is 4.90. The van der Waals surface area contributed by atoms with Gasteiger partial charge in [0.25, 0.3) is 0 Å². The highest BCUT2D eigenvalue weighted by molar-refractivity contribution is 5.99. The summed E-state index contributed by atoms with van der Waals surface area (Å²) < 4.78 is 0. The van der Waals surface area contributed by atoms with E-state index in [4.69, 9.17) is 5.73 Å². The molecular formula is C17H14N2O2. The van der Waals surface area contributed by atoms with Gasteiger partial charge in [-0.2, -0.15) is 0 Å². The molecule has 3 rings (SSSR count). The van der Waals surface area contributed by atoms with Crippen molar-refractivity contribution >= 4 is 22.6 Å². The fraction of sp³-hybridized carbons (Fsp3) is 0.0588. The molecule has 0 saturated carbocycles. The van der Waals surface area contributed by atoms with E-state index in [9.17, 15) is 9.90 Å². The Bertz CT molecular complexity index is 857. The molecule has 0 aliphatic heterocycles. The molecule has 0 amide bonds. The van der Waals surface area contributed by atoms with Gasteiger partial charge in [-0.3, -0.25) is 0 Å². The standard InChI is InChI=1S/C17H14N2O2/c1-10-5-4-8-15-13(10)9-14(18)16(19-15)11-6-2-3-7-12(11)17(20)21/h2-9H,18H2,1H3,(H,20,21). The largest absolute Gasteiger partial charge is 0.478 e. The maximum Gasteiger partial charge on any atom is 0.336 e. The normalized spacial score (nSPS) is 10.7. The lowest BCUT2D eigenvalue weighted by molar-refractivity contribution is 0.0697. The topological polar surface area (TPSA) is 76.2 Å². The molecule has 1 heterocycles. The summed E-state index contributed by atoms with van der Waals surface area (Å²) in [6.45, 7) is 1.99. The Morgan fingerprint density at radius 1 is 1.14 bits per heavy atom. The number of aromatic nitrogens is 1. The Kier molecular flexibility index (Phi) is 3.06. The van der Waals surface area contributed by atoms with E-state index in [1.807, 2.05) is 31.2 Å². The maximum absolute atomic E-state index is 11.4. The van der Waals surface area contributed by atoms with E-state index in [2.05, 4.69) is 4.98 Å². The fourth-order valence-electron chi connectivity index (χ4n) is 2.45. The minimum absolute atomic E-state index is 0.198. The van der Waals surface area contributed by atoms with Gasteiger partial charge in [0.2, 0.25) is 0 Å². The van der Waals surface area contributed by atoms with Crippen LogP contribution in [0.1, 0.15) is 15.9 Å². The van der Waals surface area contributed by atoms with Crippen molar-refractivity contribution in [1.82, 2.24) is 4.98 Å². The Morgan fingerprint density at radius 2 is 1.90 bits per heavy atom. The molecule has 3 aromatic rings. The number of benzene rings is 2. The Labute approximate surface area is 121 Å². The summed E-state index contributed by atoms with van der Waals surface area (Å²) in [4.78, 5) is 15.9. The van der Waals surface area contributed by atoms with Crippen LogP contribution in [0.4, 0.5) is 5.69 Å². The zero-order valence-corrected chi connectivity index (χ0v) is 11.5.